The Balaban J connectivity index is 2.14. The Hall–Kier alpha value is -3.10. The van der Waals surface area contributed by atoms with Crippen molar-refractivity contribution in [3.8, 4) is 5.75 Å². The van der Waals surface area contributed by atoms with Gasteiger partial charge < -0.3 is 15.5 Å². The first kappa shape index (κ1) is 22.6. The summed E-state index contributed by atoms with van der Waals surface area (Å²) >= 11 is 11.9. The summed E-state index contributed by atoms with van der Waals surface area (Å²) in [7, 11) is 0. The molecule has 1 aromatic heterocycles. The van der Waals surface area contributed by atoms with Crippen LogP contribution in [0.3, 0.4) is 0 Å². The number of aromatic nitrogens is 1. The van der Waals surface area contributed by atoms with Gasteiger partial charge in [-0.1, -0.05) is 23.2 Å². The second-order valence-corrected chi connectivity index (χ2v) is 7.77. The Morgan fingerprint density at radius 3 is 2.45 bits per heavy atom. The molecule has 3 N–H and O–H groups in total. The molecule has 3 rings (SSSR count). The van der Waals surface area contributed by atoms with Crippen molar-refractivity contribution < 1.29 is 29.0 Å². The number of rotatable bonds is 5. The minimum absolute atomic E-state index is 0.137. The van der Waals surface area contributed by atoms with Gasteiger partial charge >= 0.3 is 5.97 Å². The van der Waals surface area contributed by atoms with Crippen LogP contribution in [0.25, 0.3) is 10.9 Å². The Kier molecular flexibility index (Phi) is 6.24. The first-order valence-corrected chi connectivity index (χ1v) is 9.81. The van der Waals surface area contributed by atoms with Crippen LogP contribution in [-0.4, -0.2) is 38.6 Å². The lowest BCUT2D eigenvalue weighted by molar-refractivity contribution is -0.141. The fourth-order valence-electron chi connectivity index (χ4n) is 3.25. The van der Waals surface area contributed by atoms with E-state index in [2.05, 4.69) is 5.32 Å². The number of carboxylic acid groups (broad SMARTS) is 1. The number of nitrogens with one attached hydrogen (secondary N) is 1. The summed E-state index contributed by atoms with van der Waals surface area (Å²) in [5, 5.41) is 21.8. The Labute approximate surface area is 186 Å². The van der Waals surface area contributed by atoms with Gasteiger partial charge in [0, 0.05) is 22.7 Å². The quantitative estimate of drug-likeness (QED) is 0.527. The van der Waals surface area contributed by atoms with Gasteiger partial charge in [-0.3, -0.25) is 19.0 Å². The summed E-state index contributed by atoms with van der Waals surface area (Å²) in [6.07, 6.45) is -0.285. The highest BCUT2D eigenvalue weighted by atomic mass is 35.5. The van der Waals surface area contributed by atoms with Gasteiger partial charge in [-0.2, -0.15) is 0 Å². The predicted octanol–water partition coefficient (Wildman–Crippen LogP) is 3.92. The number of hydrogen-bond acceptors (Lipinski definition) is 4. The molecule has 31 heavy (non-hydrogen) atoms. The molecule has 1 amide bonds. The van der Waals surface area contributed by atoms with Gasteiger partial charge in [0.25, 0.3) is 5.91 Å². The third-order valence-corrected chi connectivity index (χ3v) is 5.60. The lowest BCUT2D eigenvalue weighted by atomic mass is 10.1. The van der Waals surface area contributed by atoms with E-state index < -0.39 is 35.4 Å². The van der Waals surface area contributed by atoms with Crippen molar-refractivity contribution in [2.75, 3.05) is 0 Å². The smallest absolute Gasteiger partial charge is 0.325 e. The van der Waals surface area contributed by atoms with Crippen molar-refractivity contribution in [1.82, 2.24) is 9.88 Å². The summed E-state index contributed by atoms with van der Waals surface area (Å²) < 4.78 is 15.3. The minimum atomic E-state index is -1.21. The van der Waals surface area contributed by atoms with Crippen LogP contribution < -0.4 is 5.32 Å². The van der Waals surface area contributed by atoms with Crippen molar-refractivity contribution in [3.05, 3.63) is 63.0 Å². The molecular formula is C21H17Cl2FN2O5. The van der Waals surface area contributed by atoms with Gasteiger partial charge in [0.15, 0.2) is 11.6 Å². The van der Waals surface area contributed by atoms with Crippen LogP contribution in [0, 0.1) is 12.7 Å². The highest BCUT2D eigenvalue weighted by Crippen LogP contribution is 2.33. The van der Waals surface area contributed by atoms with Crippen LogP contribution in [-0.2, 0) is 16.0 Å². The minimum Gasteiger partial charge on any atom is -0.505 e. The maximum atomic E-state index is 14.1. The first-order valence-electron chi connectivity index (χ1n) is 9.05. The number of phenolic OH excluding ortho intramolecular Hbond substituents is 1. The summed E-state index contributed by atoms with van der Waals surface area (Å²) in [5.41, 5.74) is 0.985. The van der Waals surface area contributed by atoms with Crippen molar-refractivity contribution in [3.63, 3.8) is 0 Å². The number of aliphatic carboxylic acids is 1. The number of carboxylic acids is 1. The molecule has 0 spiro atoms. The number of halogens is 3. The second kappa shape index (κ2) is 8.56. The van der Waals surface area contributed by atoms with Crippen molar-refractivity contribution in [1.29, 1.82) is 0 Å². The average Bonchev–Trinajstić information content (AvgIpc) is 2.94. The highest BCUT2D eigenvalue weighted by molar-refractivity contribution is 6.42. The van der Waals surface area contributed by atoms with E-state index in [0.717, 1.165) is 12.1 Å². The topological polar surface area (TPSA) is 109 Å². The van der Waals surface area contributed by atoms with Crippen LogP contribution in [0.4, 0.5) is 4.39 Å². The molecule has 3 aromatic rings. The van der Waals surface area contributed by atoms with E-state index in [1.807, 2.05) is 0 Å². The summed E-state index contributed by atoms with van der Waals surface area (Å²) in [6, 6.07) is 5.28. The van der Waals surface area contributed by atoms with Crippen molar-refractivity contribution in [2.24, 2.45) is 0 Å². The number of carbonyl (C=O) groups excluding carboxylic acids is 2. The number of benzene rings is 2. The predicted molar refractivity (Wildman–Crippen MR) is 113 cm³/mol. The Morgan fingerprint density at radius 1 is 1.16 bits per heavy atom. The number of phenols is 1. The summed E-state index contributed by atoms with van der Waals surface area (Å²) in [4.78, 5) is 36.6. The lowest BCUT2D eigenvalue weighted by Gasteiger charge is -2.10. The van der Waals surface area contributed by atoms with Crippen LogP contribution >= 0.6 is 23.2 Å². The number of amides is 1. The number of hydrogen-bond donors (Lipinski definition) is 3. The molecule has 1 unspecified atom stereocenters. The Morgan fingerprint density at radius 2 is 1.84 bits per heavy atom. The zero-order valence-electron chi connectivity index (χ0n) is 16.4. The fourth-order valence-corrected chi connectivity index (χ4v) is 3.54. The molecule has 0 aliphatic heterocycles. The Bertz CT molecular complexity index is 1240. The molecule has 0 saturated heterocycles. The molecule has 1 heterocycles. The second-order valence-electron chi connectivity index (χ2n) is 6.96. The number of nitrogens with zero attached hydrogens (tertiary/aromatic N) is 1. The fraction of sp³-hybridized carbons (Fsp3) is 0.190. The normalized spacial score (nSPS) is 12.0. The van der Waals surface area contributed by atoms with E-state index in [1.54, 1.807) is 6.92 Å². The number of carbonyl (C=O) groups is 3. The van der Waals surface area contributed by atoms with E-state index in [4.69, 9.17) is 28.3 Å². The van der Waals surface area contributed by atoms with Gasteiger partial charge in [0.2, 0.25) is 5.91 Å². The third kappa shape index (κ3) is 4.35. The molecule has 0 saturated carbocycles. The molecular weight excluding hydrogens is 450 g/mol. The first-order chi connectivity index (χ1) is 14.5. The lowest BCUT2D eigenvalue weighted by Crippen LogP contribution is -2.39. The van der Waals surface area contributed by atoms with E-state index in [-0.39, 0.29) is 32.9 Å². The number of fused-ring (bicyclic) bond motifs is 1. The molecule has 0 aliphatic rings. The largest absolute Gasteiger partial charge is 0.505 e. The van der Waals surface area contributed by atoms with E-state index in [9.17, 15) is 23.9 Å². The zero-order chi connectivity index (χ0) is 23.0. The van der Waals surface area contributed by atoms with Gasteiger partial charge in [-0.15, -0.1) is 0 Å². The molecule has 10 heteroatoms. The molecule has 0 radical (unpaired) electrons. The highest BCUT2D eigenvalue weighted by Gasteiger charge is 2.24. The zero-order valence-corrected chi connectivity index (χ0v) is 17.9. The molecule has 7 nitrogen and oxygen atoms in total. The van der Waals surface area contributed by atoms with Crippen molar-refractivity contribution >= 4 is 51.9 Å². The maximum Gasteiger partial charge on any atom is 0.325 e. The monoisotopic (exact) mass is 466 g/mol. The van der Waals surface area contributed by atoms with Crippen LogP contribution in [0.5, 0.6) is 5.75 Å². The van der Waals surface area contributed by atoms with Gasteiger partial charge in [0.1, 0.15) is 6.04 Å². The molecule has 162 valence electrons. The van der Waals surface area contributed by atoms with Crippen LogP contribution in [0.2, 0.25) is 10.0 Å². The molecule has 1 atom stereocenters. The molecule has 0 fully saturated rings. The number of aromatic hydroxyl groups is 1. The van der Waals surface area contributed by atoms with Crippen molar-refractivity contribution in [2.45, 2.75) is 26.3 Å². The van der Waals surface area contributed by atoms with Gasteiger partial charge in [-0.25, -0.2) is 4.39 Å². The maximum absolute atomic E-state index is 14.1. The van der Waals surface area contributed by atoms with E-state index in [1.165, 1.54) is 29.7 Å². The molecule has 2 aromatic carbocycles. The summed E-state index contributed by atoms with van der Waals surface area (Å²) in [5.74, 6) is -3.95. The van der Waals surface area contributed by atoms with Gasteiger partial charge in [0.05, 0.1) is 22.0 Å². The summed E-state index contributed by atoms with van der Waals surface area (Å²) in [6.45, 7) is 2.87. The average molecular weight is 467 g/mol. The third-order valence-electron chi connectivity index (χ3n) is 4.86. The SMILES string of the molecule is Cc1c(CC(=O)NC(C)C(=O)O)c2cc(O)c(F)cc2n1C(=O)c1ccc(Cl)c(Cl)c1. The van der Waals surface area contributed by atoms with E-state index in [0.29, 0.717) is 11.3 Å². The van der Waals surface area contributed by atoms with Crippen LogP contribution in [0.15, 0.2) is 30.3 Å². The van der Waals surface area contributed by atoms with Gasteiger partial charge in [-0.05, 0) is 43.7 Å². The standard InChI is InChI=1S/C21H17Cl2FN2O5/c1-9(21(30)31)25-19(28)7-12-10(2)26(17-8-16(24)18(27)6-13(12)17)20(29)11-3-4-14(22)15(23)5-11/h3-6,8-9,27H,7H2,1-2H3,(H,25,28)(H,30,31). The molecule has 0 aliphatic carbocycles. The van der Waals surface area contributed by atoms with Crippen LogP contribution in [0.1, 0.15) is 28.5 Å². The van der Waals surface area contributed by atoms with E-state index >= 15 is 0 Å². The molecule has 0 bridgehead atoms.